The third kappa shape index (κ3) is 3.55. The van der Waals surface area contributed by atoms with Crippen molar-refractivity contribution in [3.8, 4) is 17.2 Å². The van der Waals surface area contributed by atoms with Gasteiger partial charge in [0, 0.05) is 0 Å². The summed E-state index contributed by atoms with van der Waals surface area (Å²) in [5, 5.41) is 7.87. The van der Waals surface area contributed by atoms with Gasteiger partial charge in [-0.1, -0.05) is 11.6 Å². The average Bonchev–Trinajstić information content (AvgIpc) is 3.18. The zero-order valence-electron chi connectivity index (χ0n) is 14.5. The number of hydrogen-bond acceptors (Lipinski definition) is 7. The number of carbonyl (C=O) groups excluding carboxylic acids is 1. The highest BCUT2D eigenvalue weighted by atomic mass is 16.5. The molecule has 0 unspecified atom stereocenters. The van der Waals surface area contributed by atoms with Crippen LogP contribution in [0.25, 0.3) is 11.5 Å². The molecule has 2 aromatic heterocycles. The highest BCUT2D eigenvalue weighted by molar-refractivity contribution is 5.92. The summed E-state index contributed by atoms with van der Waals surface area (Å²) in [6.07, 6.45) is 0. The molecule has 0 saturated carbocycles. The second-order valence-electron chi connectivity index (χ2n) is 5.61. The third-order valence-electron chi connectivity index (χ3n) is 3.64. The number of nitrogens with zero attached hydrogens (tertiary/aromatic N) is 2. The number of carbonyl (C=O) groups is 1. The number of aryl methyl sites for hydroxylation is 3. The van der Waals surface area contributed by atoms with Crippen LogP contribution in [0.5, 0.6) is 5.75 Å². The van der Waals surface area contributed by atoms with E-state index in [1.54, 1.807) is 12.1 Å². The van der Waals surface area contributed by atoms with Crippen LogP contribution in [0.3, 0.4) is 0 Å². The predicted octanol–water partition coefficient (Wildman–Crippen LogP) is 3.62. The van der Waals surface area contributed by atoms with Crippen molar-refractivity contribution >= 4 is 5.97 Å². The lowest BCUT2D eigenvalue weighted by molar-refractivity contribution is 0.0435. The van der Waals surface area contributed by atoms with Gasteiger partial charge < -0.3 is 18.3 Å². The van der Waals surface area contributed by atoms with Crippen molar-refractivity contribution in [3.05, 3.63) is 52.8 Å². The maximum atomic E-state index is 12.3. The molecular weight excluding hydrogens is 324 g/mol. The molecule has 2 heterocycles. The van der Waals surface area contributed by atoms with Crippen molar-refractivity contribution in [2.75, 3.05) is 7.11 Å². The van der Waals surface area contributed by atoms with E-state index in [0.29, 0.717) is 23.0 Å². The lowest BCUT2D eigenvalue weighted by Crippen LogP contribution is -2.07. The number of esters is 1. The van der Waals surface area contributed by atoms with E-state index in [0.717, 1.165) is 16.9 Å². The third-order valence-corrected chi connectivity index (χ3v) is 3.64. The Kier molecular flexibility index (Phi) is 4.56. The van der Waals surface area contributed by atoms with E-state index in [9.17, 15) is 4.79 Å². The Hall–Kier alpha value is -3.09. The maximum Gasteiger partial charge on any atom is 0.342 e. The molecule has 3 rings (SSSR count). The largest absolute Gasteiger partial charge is 0.496 e. The van der Waals surface area contributed by atoms with Crippen molar-refractivity contribution in [1.29, 1.82) is 0 Å². The minimum atomic E-state index is -0.518. The molecule has 0 bridgehead atoms. The molecule has 0 aliphatic heterocycles. The number of rotatable bonds is 5. The molecule has 0 aliphatic carbocycles. The summed E-state index contributed by atoms with van der Waals surface area (Å²) >= 11 is 0. The van der Waals surface area contributed by atoms with Crippen LogP contribution >= 0.6 is 0 Å². The van der Waals surface area contributed by atoms with Crippen molar-refractivity contribution in [1.82, 2.24) is 10.2 Å². The van der Waals surface area contributed by atoms with Crippen LogP contribution in [0.2, 0.25) is 0 Å². The Morgan fingerprint density at radius 1 is 1.12 bits per heavy atom. The zero-order valence-corrected chi connectivity index (χ0v) is 14.5. The normalized spacial score (nSPS) is 10.7. The number of benzene rings is 1. The van der Waals surface area contributed by atoms with E-state index in [2.05, 4.69) is 10.2 Å². The summed E-state index contributed by atoms with van der Waals surface area (Å²) in [6.45, 7) is 5.41. The highest BCUT2D eigenvalue weighted by Gasteiger charge is 2.18. The fourth-order valence-electron chi connectivity index (χ4n) is 2.45. The fourth-order valence-corrected chi connectivity index (χ4v) is 2.45. The lowest BCUT2D eigenvalue weighted by Gasteiger charge is -2.08. The first-order valence-corrected chi connectivity index (χ1v) is 7.69. The quantitative estimate of drug-likeness (QED) is 0.654. The summed E-state index contributed by atoms with van der Waals surface area (Å²) in [4.78, 5) is 12.3. The Morgan fingerprint density at radius 2 is 1.92 bits per heavy atom. The minimum Gasteiger partial charge on any atom is -0.496 e. The van der Waals surface area contributed by atoms with Crippen LogP contribution in [0.4, 0.5) is 0 Å². The molecule has 0 atom stereocenters. The van der Waals surface area contributed by atoms with E-state index in [1.165, 1.54) is 7.11 Å². The molecule has 7 nitrogen and oxygen atoms in total. The highest BCUT2D eigenvalue weighted by Crippen LogP contribution is 2.26. The van der Waals surface area contributed by atoms with Crippen molar-refractivity contribution in [2.45, 2.75) is 27.4 Å². The van der Waals surface area contributed by atoms with Gasteiger partial charge >= 0.3 is 5.97 Å². The van der Waals surface area contributed by atoms with Crippen LogP contribution in [0.1, 0.15) is 33.3 Å². The molecule has 0 amide bonds. The second-order valence-corrected chi connectivity index (χ2v) is 5.61. The number of aromatic nitrogens is 2. The Labute approximate surface area is 144 Å². The van der Waals surface area contributed by atoms with E-state index >= 15 is 0 Å². The molecular formula is C18H18N2O5. The first kappa shape index (κ1) is 16.8. The first-order chi connectivity index (χ1) is 12.0. The van der Waals surface area contributed by atoms with Gasteiger partial charge in [-0.05, 0) is 39.0 Å². The molecule has 0 saturated heterocycles. The van der Waals surface area contributed by atoms with Crippen LogP contribution < -0.4 is 4.74 Å². The Balaban J connectivity index is 1.71. The van der Waals surface area contributed by atoms with Crippen LogP contribution in [0.15, 0.2) is 33.1 Å². The summed E-state index contributed by atoms with van der Waals surface area (Å²) in [5.74, 6) is 1.91. The molecule has 1 aromatic carbocycles. The van der Waals surface area contributed by atoms with Gasteiger partial charge in [-0.2, -0.15) is 0 Å². The predicted molar refractivity (Wildman–Crippen MR) is 88.3 cm³/mol. The maximum absolute atomic E-state index is 12.3. The summed E-state index contributed by atoms with van der Waals surface area (Å²) in [7, 11) is 1.50. The number of ether oxygens (including phenoxy) is 2. The van der Waals surface area contributed by atoms with Crippen LogP contribution in [-0.4, -0.2) is 23.3 Å². The molecule has 0 N–H and O–H groups in total. The number of methoxy groups -OCH3 is 1. The van der Waals surface area contributed by atoms with Crippen molar-refractivity contribution in [2.24, 2.45) is 0 Å². The van der Waals surface area contributed by atoms with E-state index in [-0.39, 0.29) is 12.5 Å². The number of furan rings is 1. The standard InChI is InChI=1S/C18H18N2O5/c1-10-5-6-15(22-4)14(7-10)18(21)23-9-16-19-20-17(25-16)13-8-11(2)24-12(13)3/h5-8H,9H2,1-4H3. The van der Waals surface area contributed by atoms with Crippen LogP contribution in [-0.2, 0) is 11.3 Å². The smallest absolute Gasteiger partial charge is 0.342 e. The molecule has 25 heavy (non-hydrogen) atoms. The fraction of sp³-hybridized carbons (Fsp3) is 0.278. The monoisotopic (exact) mass is 342 g/mol. The van der Waals surface area contributed by atoms with Gasteiger partial charge in [0.05, 0.1) is 12.7 Å². The minimum absolute atomic E-state index is 0.126. The molecule has 0 spiro atoms. The summed E-state index contributed by atoms with van der Waals surface area (Å²) in [6, 6.07) is 7.10. The van der Waals surface area contributed by atoms with Gasteiger partial charge in [0.25, 0.3) is 11.8 Å². The van der Waals surface area contributed by atoms with E-state index in [1.807, 2.05) is 32.9 Å². The Bertz CT molecular complexity index is 910. The van der Waals surface area contributed by atoms with Gasteiger partial charge in [-0.15, -0.1) is 10.2 Å². The van der Waals surface area contributed by atoms with E-state index in [4.69, 9.17) is 18.3 Å². The van der Waals surface area contributed by atoms with Gasteiger partial charge in [0.2, 0.25) is 0 Å². The van der Waals surface area contributed by atoms with Gasteiger partial charge in [0.15, 0.2) is 6.61 Å². The molecule has 0 radical (unpaired) electrons. The van der Waals surface area contributed by atoms with Gasteiger partial charge in [0.1, 0.15) is 22.8 Å². The van der Waals surface area contributed by atoms with Gasteiger partial charge in [-0.3, -0.25) is 0 Å². The molecule has 0 fully saturated rings. The number of hydrogen-bond donors (Lipinski definition) is 0. The topological polar surface area (TPSA) is 87.6 Å². The average molecular weight is 342 g/mol. The molecule has 130 valence electrons. The summed E-state index contributed by atoms with van der Waals surface area (Å²) in [5.41, 5.74) is 2.00. The van der Waals surface area contributed by atoms with Crippen molar-refractivity contribution < 1.29 is 23.1 Å². The Morgan fingerprint density at radius 3 is 2.60 bits per heavy atom. The van der Waals surface area contributed by atoms with E-state index < -0.39 is 5.97 Å². The lowest BCUT2D eigenvalue weighted by atomic mass is 10.1. The zero-order chi connectivity index (χ0) is 18.0. The van der Waals surface area contributed by atoms with Crippen LogP contribution in [0, 0.1) is 20.8 Å². The van der Waals surface area contributed by atoms with Crippen molar-refractivity contribution in [3.63, 3.8) is 0 Å². The first-order valence-electron chi connectivity index (χ1n) is 7.69. The van der Waals surface area contributed by atoms with Gasteiger partial charge in [-0.25, -0.2) is 4.79 Å². The summed E-state index contributed by atoms with van der Waals surface area (Å²) < 4.78 is 21.4. The SMILES string of the molecule is COc1ccc(C)cc1C(=O)OCc1nnc(-c2cc(C)oc2C)o1. The molecule has 3 aromatic rings. The molecule has 7 heteroatoms. The molecule has 0 aliphatic rings. The second kappa shape index (κ2) is 6.80.